The van der Waals surface area contributed by atoms with E-state index >= 15 is 0 Å². The molecular weight excluding hydrogens is 258 g/mol. The molecule has 0 aliphatic carbocycles. The maximum Gasteiger partial charge on any atom is 0.115 e. The number of anilines is 1. The maximum absolute atomic E-state index is 9.31. The smallest absolute Gasteiger partial charge is 0.115 e. The largest absolute Gasteiger partial charge is 0.508 e. The van der Waals surface area contributed by atoms with Crippen LogP contribution in [-0.4, -0.2) is 5.11 Å². The molecule has 0 aromatic heterocycles. The second-order valence-corrected chi connectivity index (χ2v) is 4.29. The molecule has 19 heavy (non-hydrogen) atoms. The third-order valence-electron chi connectivity index (χ3n) is 3.15. The Balaban J connectivity index is 0.00000133. The number of halogens is 1. The van der Waals surface area contributed by atoms with E-state index < -0.39 is 0 Å². The van der Waals surface area contributed by atoms with E-state index in [0.29, 0.717) is 0 Å². The number of nitrogens with two attached hydrogens (primary N) is 1. The number of hydrogen-bond donors (Lipinski definition) is 2. The summed E-state index contributed by atoms with van der Waals surface area (Å²) in [6, 6.07) is 19.2. The fourth-order valence-corrected chi connectivity index (χ4v) is 2.19. The molecular formula is C16H14ClNO. The molecule has 0 saturated carbocycles. The van der Waals surface area contributed by atoms with Crippen molar-refractivity contribution in [2.75, 3.05) is 5.73 Å². The number of hydrogen-bond acceptors (Lipinski definition) is 2. The van der Waals surface area contributed by atoms with Crippen LogP contribution in [0.2, 0.25) is 0 Å². The van der Waals surface area contributed by atoms with Crippen LogP contribution >= 0.6 is 12.4 Å². The zero-order valence-corrected chi connectivity index (χ0v) is 11.0. The summed E-state index contributed by atoms with van der Waals surface area (Å²) in [6.07, 6.45) is 0. The minimum absolute atomic E-state index is 0. The van der Waals surface area contributed by atoms with Gasteiger partial charge in [0.15, 0.2) is 0 Å². The molecule has 0 amide bonds. The van der Waals surface area contributed by atoms with E-state index in [1.54, 1.807) is 12.1 Å². The lowest BCUT2D eigenvalue weighted by molar-refractivity contribution is 0.475. The van der Waals surface area contributed by atoms with Gasteiger partial charge in [0.05, 0.1) is 0 Å². The molecule has 3 N–H and O–H groups in total. The highest BCUT2D eigenvalue weighted by Gasteiger charge is 2.06. The van der Waals surface area contributed by atoms with Gasteiger partial charge in [-0.3, -0.25) is 0 Å². The third-order valence-corrected chi connectivity index (χ3v) is 3.15. The third kappa shape index (κ3) is 2.35. The van der Waals surface area contributed by atoms with Crippen molar-refractivity contribution in [1.82, 2.24) is 0 Å². The topological polar surface area (TPSA) is 46.2 Å². The zero-order valence-electron chi connectivity index (χ0n) is 10.2. The Morgan fingerprint density at radius 2 is 1.47 bits per heavy atom. The molecule has 3 heteroatoms. The number of phenolic OH excluding ortho intramolecular Hbond substituents is 1. The number of nitrogen functional groups attached to an aromatic ring is 1. The van der Waals surface area contributed by atoms with Crippen molar-refractivity contribution in [2.24, 2.45) is 0 Å². The normalized spacial score (nSPS) is 10.1. The van der Waals surface area contributed by atoms with E-state index in [1.807, 2.05) is 42.5 Å². The standard InChI is InChI=1S/C16H13NO.ClH/c17-16-14-4-2-1-3-11(14)7-10-15(16)12-5-8-13(18)9-6-12;/h1-10,18H,17H2;1H. The summed E-state index contributed by atoms with van der Waals surface area (Å²) in [5.41, 5.74) is 9.01. The minimum Gasteiger partial charge on any atom is -0.508 e. The van der Waals surface area contributed by atoms with Crippen LogP contribution in [0.4, 0.5) is 5.69 Å². The lowest BCUT2D eigenvalue weighted by Gasteiger charge is -2.09. The number of aromatic hydroxyl groups is 1. The van der Waals surface area contributed by atoms with Gasteiger partial charge in [0.25, 0.3) is 0 Å². The highest BCUT2D eigenvalue weighted by atomic mass is 35.5. The van der Waals surface area contributed by atoms with Crippen LogP contribution in [0, 0.1) is 0 Å². The summed E-state index contributed by atoms with van der Waals surface area (Å²) in [5.74, 6) is 0.262. The molecule has 0 aliphatic heterocycles. The van der Waals surface area contributed by atoms with Gasteiger partial charge in [-0.1, -0.05) is 48.5 Å². The van der Waals surface area contributed by atoms with E-state index in [-0.39, 0.29) is 18.2 Å². The van der Waals surface area contributed by atoms with E-state index in [2.05, 4.69) is 6.07 Å². The summed E-state index contributed by atoms with van der Waals surface area (Å²) in [6.45, 7) is 0. The average Bonchev–Trinajstić information content (AvgIpc) is 2.41. The van der Waals surface area contributed by atoms with Crippen LogP contribution in [0.15, 0.2) is 60.7 Å². The van der Waals surface area contributed by atoms with Crippen LogP contribution in [0.1, 0.15) is 0 Å². The second-order valence-electron chi connectivity index (χ2n) is 4.29. The molecule has 0 unspecified atom stereocenters. The summed E-state index contributed by atoms with van der Waals surface area (Å²) in [4.78, 5) is 0. The molecule has 0 fully saturated rings. The molecule has 3 aromatic carbocycles. The van der Waals surface area contributed by atoms with Gasteiger partial charge in [-0.05, 0) is 23.1 Å². The van der Waals surface area contributed by atoms with Crippen molar-refractivity contribution in [3.05, 3.63) is 60.7 Å². The number of fused-ring (bicyclic) bond motifs is 1. The molecule has 0 atom stereocenters. The van der Waals surface area contributed by atoms with Crippen molar-refractivity contribution in [2.45, 2.75) is 0 Å². The Hall–Kier alpha value is -2.19. The highest BCUT2D eigenvalue weighted by molar-refractivity contribution is 6.00. The molecule has 0 saturated heterocycles. The monoisotopic (exact) mass is 271 g/mol. The molecule has 2 nitrogen and oxygen atoms in total. The molecule has 0 radical (unpaired) electrons. The first-order valence-corrected chi connectivity index (χ1v) is 5.82. The van der Waals surface area contributed by atoms with E-state index in [0.717, 1.165) is 27.6 Å². The molecule has 0 aliphatic rings. The minimum atomic E-state index is 0. The summed E-state index contributed by atoms with van der Waals surface area (Å²) in [5, 5.41) is 11.5. The Labute approximate surface area is 117 Å². The Bertz CT molecular complexity index is 708. The van der Waals surface area contributed by atoms with Crippen molar-refractivity contribution in [3.8, 4) is 16.9 Å². The van der Waals surface area contributed by atoms with Gasteiger partial charge in [0, 0.05) is 16.6 Å². The van der Waals surface area contributed by atoms with Crippen LogP contribution < -0.4 is 5.73 Å². The predicted octanol–water partition coefficient (Wildman–Crippen LogP) is 4.22. The van der Waals surface area contributed by atoms with Gasteiger partial charge >= 0.3 is 0 Å². The van der Waals surface area contributed by atoms with Gasteiger partial charge in [-0.2, -0.15) is 0 Å². The van der Waals surface area contributed by atoms with Gasteiger partial charge < -0.3 is 10.8 Å². The number of phenols is 1. The second kappa shape index (κ2) is 5.21. The maximum atomic E-state index is 9.31. The first kappa shape index (κ1) is 13.2. The molecule has 0 bridgehead atoms. The number of benzene rings is 3. The summed E-state index contributed by atoms with van der Waals surface area (Å²) >= 11 is 0. The van der Waals surface area contributed by atoms with Gasteiger partial charge in [-0.25, -0.2) is 0 Å². The van der Waals surface area contributed by atoms with E-state index in [1.165, 1.54) is 0 Å². The van der Waals surface area contributed by atoms with Crippen molar-refractivity contribution < 1.29 is 5.11 Å². The van der Waals surface area contributed by atoms with Gasteiger partial charge in [-0.15, -0.1) is 12.4 Å². The van der Waals surface area contributed by atoms with Crippen LogP contribution in [0.3, 0.4) is 0 Å². The van der Waals surface area contributed by atoms with Crippen LogP contribution in [-0.2, 0) is 0 Å². The molecule has 3 rings (SSSR count). The summed E-state index contributed by atoms with van der Waals surface area (Å²) in [7, 11) is 0. The fourth-order valence-electron chi connectivity index (χ4n) is 2.19. The summed E-state index contributed by atoms with van der Waals surface area (Å²) < 4.78 is 0. The van der Waals surface area contributed by atoms with Gasteiger partial charge in [0.2, 0.25) is 0 Å². The van der Waals surface area contributed by atoms with E-state index in [4.69, 9.17) is 5.73 Å². The lowest BCUT2D eigenvalue weighted by atomic mass is 9.99. The quantitative estimate of drug-likeness (QED) is 0.651. The molecule has 96 valence electrons. The SMILES string of the molecule is Cl.Nc1c(-c2ccc(O)cc2)ccc2ccccc12. The van der Waals surface area contributed by atoms with Crippen LogP contribution in [0.25, 0.3) is 21.9 Å². The van der Waals surface area contributed by atoms with Crippen molar-refractivity contribution in [3.63, 3.8) is 0 Å². The first-order chi connectivity index (χ1) is 8.75. The Morgan fingerprint density at radius 3 is 2.21 bits per heavy atom. The molecule has 0 heterocycles. The molecule has 3 aromatic rings. The Kier molecular flexibility index (Phi) is 3.63. The molecule has 0 spiro atoms. The highest BCUT2D eigenvalue weighted by Crippen LogP contribution is 2.32. The van der Waals surface area contributed by atoms with Gasteiger partial charge in [0.1, 0.15) is 5.75 Å². The average molecular weight is 272 g/mol. The fraction of sp³-hybridized carbons (Fsp3) is 0. The lowest BCUT2D eigenvalue weighted by Crippen LogP contribution is -1.91. The first-order valence-electron chi connectivity index (χ1n) is 5.82. The number of rotatable bonds is 1. The Morgan fingerprint density at radius 1 is 0.789 bits per heavy atom. The zero-order chi connectivity index (χ0) is 12.5. The van der Waals surface area contributed by atoms with Crippen molar-refractivity contribution >= 4 is 28.9 Å². The van der Waals surface area contributed by atoms with Crippen molar-refractivity contribution in [1.29, 1.82) is 0 Å². The van der Waals surface area contributed by atoms with E-state index in [9.17, 15) is 5.11 Å². The predicted molar refractivity (Wildman–Crippen MR) is 82.7 cm³/mol. The van der Waals surface area contributed by atoms with Crippen LogP contribution in [0.5, 0.6) is 5.75 Å².